The van der Waals surface area contributed by atoms with Crippen molar-refractivity contribution in [3.8, 4) is 0 Å². The van der Waals surface area contributed by atoms with Gasteiger partial charge in [0.1, 0.15) is 12.4 Å². The number of alkyl carbamates (subject to hydrolysis) is 1. The van der Waals surface area contributed by atoms with Gasteiger partial charge >= 0.3 is 12.1 Å². The average Bonchev–Trinajstić information content (AvgIpc) is 2.52. The molecular weight excluding hydrogens is 321 g/mol. The van der Waals surface area contributed by atoms with Crippen molar-refractivity contribution >= 4 is 19.4 Å². The maximum absolute atomic E-state index is 12.5. The fourth-order valence-electron chi connectivity index (χ4n) is 1.67. The largest absolute Gasteiger partial charge is 0.467 e. The van der Waals surface area contributed by atoms with Gasteiger partial charge in [-0.3, -0.25) is 4.57 Å². The van der Waals surface area contributed by atoms with Gasteiger partial charge in [0.05, 0.1) is 7.11 Å². The zero-order valence-corrected chi connectivity index (χ0v) is 14.5. The molecule has 0 saturated heterocycles. The molecule has 23 heavy (non-hydrogen) atoms. The van der Waals surface area contributed by atoms with Gasteiger partial charge < -0.3 is 19.3 Å². The Morgan fingerprint density at radius 3 is 2.39 bits per heavy atom. The van der Waals surface area contributed by atoms with Crippen LogP contribution in [0.4, 0.5) is 4.79 Å². The molecule has 8 heteroatoms. The second kappa shape index (κ2) is 8.70. The zero-order valence-electron chi connectivity index (χ0n) is 13.6. The Balaban J connectivity index is 2.49. The standard InChI is InChI=1S/C15H22NO6P/c1-11(14(17)20-3)22-23(4,19)12(2)16-15(18)21-10-13-8-6-5-7-9-13/h5-9,11-12H,10H2,1-4H3,(H,16,18)/t11?,12-,23?/m1/s1. The van der Waals surface area contributed by atoms with E-state index >= 15 is 0 Å². The van der Waals surface area contributed by atoms with Gasteiger partial charge in [0.15, 0.2) is 6.10 Å². The summed E-state index contributed by atoms with van der Waals surface area (Å²) in [4.78, 5) is 23.1. The van der Waals surface area contributed by atoms with E-state index in [0.29, 0.717) is 0 Å². The van der Waals surface area contributed by atoms with Crippen molar-refractivity contribution in [1.29, 1.82) is 0 Å². The molecular formula is C15H22NO6P. The number of rotatable bonds is 7. The second-order valence-corrected chi connectivity index (χ2v) is 7.86. The molecule has 0 fully saturated rings. The monoisotopic (exact) mass is 343 g/mol. The normalized spacial score (nSPS) is 15.8. The lowest BCUT2D eigenvalue weighted by atomic mass is 10.2. The molecule has 1 rings (SSSR count). The van der Waals surface area contributed by atoms with Crippen molar-refractivity contribution in [3.05, 3.63) is 35.9 Å². The summed E-state index contributed by atoms with van der Waals surface area (Å²) in [7, 11) is -2.06. The minimum Gasteiger partial charge on any atom is -0.467 e. The van der Waals surface area contributed by atoms with Crippen LogP contribution in [0.15, 0.2) is 30.3 Å². The Kier molecular flexibility index (Phi) is 7.26. The lowest BCUT2D eigenvalue weighted by Gasteiger charge is -2.24. The summed E-state index contributed by atoms with van der Waals surface area (Å²) >= 11 is 0. The van der Waals surface area contributed by atoms with Crippen LogP contribution in [-0.4, -0.2) is 37.7 Å². The highest BCUT2D eigenvalue weighted by atomic mass is 31.2. The first-order valence-electron chi connectivity index (χ1n) is 7.07. The van der Waals surface area contributed by atoms with E-state index in [-0.39, 0.29) is 6.61 Å². The minimum atomic E-state index is -3.27. The highest BCUT2D eigenvalue weighted by Gasteiger charge is 2.31. The number of ether oxygens (including phenoxy) is 2. The van der Waals surface area contributed by atoms with Gasteiger partial charge in [-0.15, -0.1) is 0 Å². The van der Waals surface area contributed by atoms with Crippen LogP contribution in [-0.2, 0) is 30.0 Å². The van der Waals surface area contributed by atoms with Crippen LogP contribution in [0.2, 0.25) is 0 Å². The molecule has 2 unspecified atom stereocenters. The molecule has 7 nitrogen and oxygen atoms in total. The fourth-order valence-corrected chi connectivity index (χ4v) is 2.90. The first kappa shape index (κ1) is 19.2. The van der Waals surface area contributed by atoms with E-state index < -0.39 is 31.3 Å². The van der Waals surface area contributed by atoms with Crippen molar-refractivity contribution in [1.82, 2.24) is 5.32 Å². The lowest BCUT2D eigenvalue weighted by Crippen LogP contribution is -2.34. The number of methoxy groups -OCH3 is 1. The lowest BCUT2D eigenvalue weighted by molar-refractivity contribution is -0.147. The number of hydrogen-bond donors (Lipinski definition) is 1. The third kappa shape index (κ3) is 6.42. The Labute approximate surface area is 135 Å². The Bertz CT molecular complexity index is 577. The van der Waals surface area contributed by atoms with Crippen LogP contribution in [0.1, 0.15) is 19.4 Å². The molecule has 1 amide bonds. The molecule has 0 saturated carbocycles. The molecule has 0 radical (unpaired) electrons. The third-order valence-corrected chi connectivity index (χ3v) is 5.41. The Hall–Kier alpha value is -1.85. The molecule has 0 aliphatic rings. The SMILES string of the molecule is COC(=O)C(C)OP(C)(=O)[C@H](C)NC(=O)OCc1ccccc1. The molecule has 3 atom stereocenters. The van der Waals surface area contributed by atoms with Crippen molar-refractivity contribution in [2.75, 3.05) is 13.8 Å². The third-order valence-electron chi connectivity index (χ3n) is 3.14. The van der Waals surface area contributed by atoms with E-state index in [0.717, 1.165) is 5.56 Å². The highest BCUT2D eigenvalue weighted by molar-refractivity contribution is 7.58. The van der Waals surface area contributed by atoms with E-state index in [1.54, 1.807) is 0 Å². The number of esters is 1. The smallest absolute Gasteiger partial charge is 0.408 e. The maximum Gasteiger partial charge on any atom is 0.408 e. The summed E-state index contributed by atoms with van der Waals surface area (Å²) in [6.45, 7) is 4.40. The predicted molar refractivity (Wildman–Crippen MR) is 85.3 cm³/mol. The first-order valence-corrected chi connectivity index (χ1v) is 9.21. The number of hydrogen-bond acceptors (Lipinski definition) is 6. The zero-order chi connectivity index (χ0) is 17.5. The quantitative estimate of drug-likeness (QED) is 0.605. The van der Waals surface area contributed by atoms with Gasteiger partial charge in [-0.25, -0.2) is 9.59 Å². The first-order chi connectivity index (χ1) is 10.8. The number of nitrogens with one attached hydrogen (secondary N) is 1. The van der Waals surface area contributed by atoms with Gasteiger partial charge in [-0.2, -0.15) is 0 Å². The molecule has 0 heterocycles. The Morgan fingerprint density at radius 1 is 1.22 bits per heavy atom. The summed E-state index contributed by atoms with van der Waals surface area (Å²) in [5.41, 5.74) is 0.838. The molecule has 0 aromatic heterocycles. The molecule has 1 aromatic rings. The van der Waals surface area contributed by atoms with Crippen LogP contribution >= 0.6 is 7.37 Å². The molecule has 0 spiro atoms. The van der Waals surface area contributed by atoms with E-state index in [4.69, 9.17) is 9.26 Å². The second-order valence-electron chi connectivity index (χ2n) is 5.06. The fraction of sp³-hybridized carbons (Fsp3) is 0.467. The topological polar surface area (TPSA) is 90.9 Å². The van der Waals surface area contributed by atoms with Gasteiger partial charge in [0.25, 0.3) is 0 Å². The van der Waals surface area contributed by atoms with Gasteiger partial charge in [0.2, 0.25) is 7.37 Å². The average molecular weight is 343 g/mol. The van der Waals surface area contributed by atoms with Crippen LogP contribution in [0, 0.1) is 0 Å². The molecule has 0 aliphatic heterocycles. The summed E-state index contributed by atoms with van der Waals surface area (Å²) < 4.78 is 27.2. The van der Waals surface area contributed by atoms with E-state index in [9.17, 15) is 14.2 Å². The van der Waals surface area contributed by atoms with E-state index in [1.807, 2.05) is 30.3 Å². The predicted octanol–water partition coefficient (Wildman–Crippen LogP) is 2.74. The maximum atomic E-state index is 12.5. The van der Waals surface area contributed by atoms with Crippen LogP contribution < -0.4 is 5.32 Å². The van der Waals surface area contributed by atoms with Gasteiger partial charge in [-0.05, 0) is 19.4 Å². The molecule has 0 bridgehead atoms. The minimum absolute atomic E-state index is 0.104. The number of carbonyl (C=O) groups is 2. The van der Waals surface area contributed by atoms with Crippen molar-refractivity contribution in [3.63, 3.8) is 0 Å². The van der Waals surface area contributed by atoms with Gasteiger partial charge in [0, 0.05) is 6.66 Å². The highest BCUT2D eigenvalue weighted by Crippen LogP contribution is 2.47. The molecule has 1 N–H and O–H groups in total. The number of carbonyl (C=O) groups excluding carboxylic acids is 2. The van der Waals surface area contributed by atoms with Crippen LogP contribution in [0.5, 0.6) is 0 Å². The summed E-state index contributed by atoms with van der Waals surface area (Å²) in [6.07, 6.45) is -1.70. The van der Waals surface area contributed by atoms with Crippen molar-refractivity contribution in [2.45, 2.75) is 32.3 Å². The van der Waals surface area contributed by atoms with E-state index in [1.165, 1.54) is 27.6 Å². The van der Waals surface area contributed by atoms with E-state index in [2.05, 4.69) is 10.1 Å². The van der Waals surface area contributed by atoms with Gasteiger partial charge in [-0.1, -0.05) is 30.3 Å². The van der Waals surface area contributed by atoms with Crippen LogP contribution in [0.3, 0.4) is 0 Å². The number of amides is 1. The van der Waals surface area contributed by atoms with Crippen LogP contribution in [0.25, 0.3) is 0 Å². The molecule has 0 aliphatic carbocycles. The molecule has 1 aromatic carbocycles. The van der Waals surface area contributed by atoms with Crippen molar-refractivity contribution in [2.24, 2.45) is 0 Å². The number of benzene rings is 1. The Morgan fingerprint density at radius 2 is 1.83 bits per heavy atom. The van der Waals surface area contributed by atoms with Crippen molar-refractivity contribution < 1.29 is 28.2 Å². The summed E-state index contributed by atoms with van der Waals surface area (Å²) in [6, 6.07) is 9.17. The summed E-state index contributed by atoms with van der Waals surface area (Å²) in [5, 5.41) is 2.45. The molecule has 128 valence electrons. The summed E-state index contributed by atoms with van der Waals surface area (Å²) in [5.74, 6) is -1.44.